The van der Waals surface area contributed by atoms with E-state index in [2.05, 4.69) is 5.32 Å². The van der Waals surface area contributed by atoms with E-state index in [1.165, 1.54) is 0 Å². The van der Waals surface area contributed by atoms with Crippen molar-refractivity contribution in [1.29, 1.82) is 0 Å². The van der Waals surface area contributed by atoms with Crippen LogP contribution in [0.2, 0.25) is 0 Å². The van der Waals surface area contributed by atoms with Gasteiger partial charge < -0.3 is 10.4 Å². The number of carbonyl (C=O) groups excluding carboxylic acids is 1. The van der Waals surface area contributed by atoms with Gasteiger partial charge in [-0.1, -0.05) is 24.3 Å². The first-order valence-electron chi connectivity index (χ1n) is 5.28. The lowest BCUT2D eigenvalue weighted by atomic mass is 9.81. The Hall–Kier alpha value is -1.35. The quantitative estimate of drug-likeness (QED) is 0.654. The van der Waals surface area contributed by atoms with Gasteiger partial charge in [0.05, 0.1) is 11.5 Å². The first-order valence-corrected chi connectivity index (χ1v) is 5.28. The summed E-state index contributed by atoms with van der Waals surface area (Å²) in [4.78, 5) is 11.8. The highest BCUT2D eigenvalue weighted by Crippen LogP contribution is 2.49. The number of fused-ring (bicyclic) bond motifs is 1. The summed E-state index contributed by atoms with van der Waals surface area (Å²) in [7, 11) is 0. The lowest BCUT2D eigenvalue weighted by Gasteiger charge is -2.23. The van der Waals surface area contributed by atoms with Crippen LogP contribution in [-0.2, 0) is 11.2 Å². The van der Waals surface area contributed by atoms with Gasteiger partial charge in [-0.3, -0.25) is 4.79 Å². The Labute approximate surface area is 88.1 Å². The van der Waals surface area contributed by atoms with Crippen LogP contribution in [0.15, 0.2) is 24.3 Å². The van der Waals surface area contributed by atoms with Crippen molar-refractivity contribution in [1.82, 2.24) is 5.32 Å². The third-order valence-electron chi connectivity index (χ3n) is 3.69. The summed E-state index contributed by atoms with van der Waals surface area (Å²) in [5.41, 5.74) is 1.46. The second-order valence-electron chi connectivity index (χ2n) is 4.44. The summed E-state index contributed by atoms with van der Waals surface area (Å²) in [5, 5.41) is 13.1. The van der Waals surface area contributed by atoms with Crippen LogP contribution in [0.4, 0.5) is 0 Å². The molecule has 0 saturated carbocycles. The Bertz CT molecular complexity index is 429. The zero-order valence-electron chi connectivity index (χ0n) is 8.36. The molecule has 1 saturated heterocycles. The van der Waals surface area contributed by atoms with Gasteiger partial charge in [0, 0.05) is 6.54 Å². The molecule has 2 N–H and O–H groups in total. The van der Waals surface area contributed by atoms with Gasteiger partial charge in [0.2, 0.25) is 5.91 Å². The van der Waals surface area contributed by atoms with Crippen LogP contribution < -0.4 is 5.32 Å². The molecule has 2 aliphatic rings. The molecule has 1 spiro atoms. The molecule has 3 nitrogen and oxygen atoms in total. The summed E-state index contributed by atoms with van der Waals surface area (Å²) in [6, 6.07) is 7.78. The van der Waals surface area contributed by atoms with Crippen LogP contribution in [0, 0.1) is 5.41 Å². The molecule has 1 aromatic rings. The molecule has 1 aliphatic heterocycles. The largest absolute Gasteiger partial charge is 0.387 e. The first kappa shape index (κ1) is 8.92. The van der Waals surface area contributed by atoms with Gasteiger partial charge >= 0.3 is 0 Å². The Morgan fingerprint density at radius 2 is 2.20 bits per heavy atom. The minimum absolute atomic E-state index is 0.00574. The molecule has 1 aliphatic carbocycles. The van der Waals surface area contributed by atoms with Gasteiger partial charge in [-0.2, -0.15) is 0 Å². The molecular weight excluding hydrogens is 190 g/mol. The molecule has 15 heavy (non-hydrogen) atoms. The fraction of sp³-hybridized carbons (Fsp3) is 0.417. The molecule has 2 atom stereocenters. The van der Waals surface area contributed by atoms with Crippen LogP contribution in [-0.4, -0.2) is 17.6 Å². The van der Waals surface area contributed by atoms with E-state index in [1.807, 2.05) is 24.3 Å². The van der Waals surface area contributed by atoms with Crippen molar-refractivity contribution in [2.45, 2.75) is 18.9 Å². The molecule has 1 amide bonds. The molecule has 3 heteroatoms. The van der Waals surface area contributed by atoms with Crippen LogP contribution in [0.5, 0.6) is 0 Å². The van der Waals surface area contributed by atoms with Crippen molar-refractivity contribution in [3.05, 3.63) is 35.4 Å². The SMILES string of the molecule is O=C1NCC[C@]12Cc1ccccc1[C@H]2O. The smallest absolute Gasteiger partial charge is 0.229 e. The number of carbonyl (C=O) groups is 1. The van der Waals surface area contributed by atoms with Crippen molar-refractivity contribution in [3.63, 3.8) is 0 Å². The monoisotopic (exact) mass is 203 g/mol. The average molecular weight is 203 g/mol. The van der Waals surface area contributed by atoms with E-state index in [0.717, 1.165) is 17.5 Å². The van der Waals surface area contributed by atoms with Gasteiger partial charge in [-0.05, 0) is 24.0 Å². The lowest BCUT2D eigenvalue weighted by molar-refractivity contribution is -0.132. The highest BCUT2D eigenvalue weighted by atomic mass is 16.3. The molecule has 1 aromatic carbocycles. The third-order valence-corrected chi connectivity index (χ3v) is 3.69. The summed E-state index contributed by atoms with van der Waals surface area (Å²) >= 11 is 0. The number of rotatable bonds is 0. The Morgan fingerprint density at radius 1 is 1.40 bits per heavy atom. The molecule has 0 unspecified atom stereocenters. The van der Waals surface area contributed by atoms with Crippen LogP contribution in [0.1, 0.15) is 23.7 Å². The number of hydrogen-bond donors (Lipinski definition) is 2. The van der Waals surface area contributed by atoms with Crippen LogP contribution in [0.3, 0.4) is 0 Å². The number of hydrogen-bond acceptors (Lipinski definition) is 2. The Kier molecular flexibility index (Phi) is 1.68. The minimum Gasteiger partial charge on any atom is -0.387 e. The molecule has 78 valence electrons. The molecule has 3 rings (SSSR count). The predicted octanol–water partition coefficient (Wildman–Crippen LogP) is 0.782. The van der Waals surface area contributed by atoms with Gasteiger partial charge in [0.1, 0.15) is 0 Å². The van der Waals surface area contributed by atoms with Gasteiger partial charge in [0.25, 0.3) is 0 Å². The fourth-order valence-corrected chi connectivity index (χ4v) is 2.81. The van der Waals surface area contributed by atoms with E-state index < -0.39 is 11.5 Å². The number of nitrogens with one attached hydrogen (secondary N) is 1. The van der Waals surface area contributed by atoms with Crippen molar-refractivity contribution < 1.29 is 9.90 Å². The van der Waals surface area contributed by atoms with Crippen molar-refractivity contribution in [2.24, 2.45) is 5.41 Å². The molecule has 0 radical (unpaired) electrons. The van der Waals surface area contributed by atoms with Crippen molar-refractivity contribution in [3.8, 4) is 0 Å². The van der Waals surface area contributed by atoms with Gasteiger partial charge in [0.15, 0.2) is 0 Å². The highest BCUT2D eigenvalue weighted by molar-refractivity contribution is 5.87. The molecule has 0 aromatic heterocycles. The van der Waals surface area contributed by atoms with E-state index in [-0.39, 0.29) is 5.91 Å². The maximum atomic E-state index is 11.8. The topological polar surface area (TPSA) is 49.3 Å². The maximum absolute atomic E-state index is 11.8. The van der Waals surface area contributed by atoms with Gasteiger partial charge in [-0.15, -0.1) is 0 Å². The second-order valence-corrected chi connectivity index (χ2v) is 4.44. The van der Waals surface area contributed by atoms with E-state index in [0.29, 0.717) is 13.0 Å². The number of amides is 1. The van der Waals surface area contributed by atoms with E-state index in [1.54, 1.807) is 0 Å². The van der Waals surface area contributed by atoms with Crippen molar-refractivity contribution >= 4 is 5.91 Å². The Balaban J connectivity index is 2.09. The molecule has 1 fully saturated rings. The number of aliphatic hydroxyl groups is 1. The summed E-state index contributed by atoms with van der Waals surface area (Å²) in [6.45, 7) is 0.684. The third kappa shape index (κ3) is 1.01. The summed E-state index contributed by atoms with van der Waals surface area (Å²) < 4.78 is 0. The average Bonchev–Trinajstić information content (AvgIpc) is 2.74. The number of aliphatic hydroxyl groups excluding tert-OH is 1. The van der Waals surface area contributed by atoms with E-state index >= 15 is 0 Å². The standard InChI is InChI=1S/C12H13NO2/c14-10-9-4-2-1-3-8(9)7-12(10)5-6-13-11(12)15/h1-4,10,14H,5-7H2,(H,13,15)/t10-,12-/m1/s1. The molecule has 1 heterocycles. The predicted molar refractivity (Wildman–Crippen MR) is 55.2 cm³/mol. The van der Waals surface area contributed by atoms with Crippen molar-refractivity contribution in [2.75, 3.05) is 6.54 Å². The van der Waals surface area contributed by atoms with Crippen LogP contribution >= 0.6 is 0 Å². The zero-order valence-corrected chi connectivity index (χ0v) is 8.36. The van der Waals surface area contributed by atoms with E-state index in [4.69, 9.17) is 0 Å². The zero-order chi connectivity index (χ0) is 10.5. The number of benzene rings is 1. The van der Waals surface area contributed by atoms with Crippen LogP contribution in [0.25, 0.3) is 0 Å². The second kappa shape index (κ2) is 2.83. The minimum atomic E-state index is -0.629. The van der Waals surface area contributed by atoms with Gasteiger partial charge in [-0.25, -0.2) is 0 Å². The Morgan fingerprint density at radius 3 is 2.87 bits per heavy atom. The van der Waals surface area contributed by atoms with E-state index in [9.17, 15) is 9.90 Å². The molecule has 0 bridgehead atoms. The summed E-state index contributed by atoms with van der Waals surface area (Å²) in [5.74, 6) is 0.00574. The highest BCUT2D eigenvalue weighted by Gasteiger charge is 2.53. The first-order chi connectivity index (χ1) is 7.24. The maximum Gasteiger partial charge on any atom is 0.229 e. The summed E-state index contributed by atoms with van der Waals surface area (Å²) in [6.07, 6.45) is 0.786. The molecular formula is C12H13NO2. The fourth-order valence-electron chi connectivity index (χ4n) is 2.81. The lowest BCUT2D eigenvalue weighted by Crippen LogP contribution is -2.34. The normalized spacial score (nSPS) is 33.1.